The standard InChI is InChI=1S/C30H40Br2S2Si2/c1-5-7-9-11-12-14-16-36(4)24-18-21-23(17-22(24)30-26(36)20-28(32)34-30)35(3,15-13-10-8-6-2)25-19-27(31)33-29(21)25/h17-20H,5-16H2,1-4H3. The minimum absolute atomic E-state index is 1.31. The Balaban J connectivity index is 1.53. The monoisotopic (exact) mass is 678 g/mol. The Kier molecular flexibility index (Phi) is 8.62. The zero-order valence-electron chi connectivity index (χ0n) is 22.4. The van der Waals surface area contributed by atoms with Gasteiger partial charge in [0.15, 0.2) is 0 Å². The van der Waals surface area contributed by atoms with Crippen LogP contribution >= 0.6 is 54.5 Å². The first-order chi connectivity index (χ1) is 17.3. The first-order valence-electron chi connectivity index (χ1n) is 14.1. The van der Waals surface area contributed by atoms with Gasteiger partial charge in [0, 0.05) is 9.75 Å². The van der Waals surface area contributed by atoms with Gasteiger partial charge in [-0.15, -0.1) is 22.7 Å². The molecule has 0 amide bonds. The molecule has 6 heteroatoms. The number of hydrogen-bond acceptors (Lipinski definition) is 2. The maximum Gasteiger partial charge on any atom is 0.118 e. The van der Waals surface area contributed by atoms with Gasteiger partial charge in [0.1, 0.15) is 16.1 Å². The molecule has 5 rings (SSSR count). The molecule has 2 aliphatic heterocycles. The number of unbranched alkanes of at least 4 members (excludes halogenated alkanes) is 8. The second kappa shape index (κ2) is 11.2. The minimum Gasteiger partial charge on any atom is -0.128 e. The Morgan fingerprint density at radius 1 is 0.556 bits per heavy atom. The minimum atomic E-state index is -1.73. The number of thiophene rings is 2. The zero-order chi connectivity index (χ0) is 25.5. The van der Waals surface area contributed by atoms with E-state index in [1.165, 1.54) is 83.9 Å². The van der Waals surface area contributed by atoms with E-state index in [1.807, 2.05) is 22.7 Å². The fourth-order valence-electron chi connectivity index (χ4n) is 6.82. The Bertz CT molecular complexity index is 1250. The summed E-state index contributed by atoms with van der Waals surface area (Å²) in [5.41, 5.74) is 3.22. The van der Waals surface area contributed by atoms with E-state index < -0.39 is 16.1 Å². The van der Waals surface area contributed by atoms with Crippen molar-refractivity contribution >= 4 is 91.4 Å². The molecule has 0 saturated heterocycles. The molecule has 2 aromatic heterocycles. The molecule has 0 bridgehead atoms. The van der Waals surface area contributed by atoms with Crippen molar-refractivity contribution in [2.24, 2.45) is 0 Å². The lowest BCUT2D eigenvalue weighted by Crippen LogP contribution is -2.54. The van der Waals surface area contributed by atoms with E-state index in [0.29, 0.717) is 0 Å². The van der Waals surface area contributed by atoms with E-state index in [2.05, 4.69) is 83.1 Å². The molecule has 0 spiro atoms. The van der Waals surface area contributed by atoms with Gasteiger partial charge in [0.25, 0.3) is 0 Å². The van der Waals surface area contributed by atoms with Crippen LogP contribution in [0.2, 0.25) is 25.2 Å². The maximum atomic E-state index is 3.88. The lowest BCUT2D eigenvalue weighted by molar-refractivity contribution is 0.623. The Hall–Kier alpha value is 0.0138. The van der Waals surface area contributed by atoms with Gasteiger partial charge in [0.05, 0.1) is 7.57 Å². The second-order valence-corrected chi connectivity index (χ2v) is 24.9. The van der Waals surface area contributed by atoms with Gasteiger partial charge in [-0.3, -0.25) is 0 Å². The summed E-state index contributed by atoms with van der Waals surface area (Å²) in [6.45, 7) is 9.98. The normalized spacial score (nSPS) is 21.5. The molecule has 0 saturated carbocycles. The van der Waals surface area contributed by atoms with Crippen molar-refractivity contribution in [1.29, 1.82) is 0 Å². The number of benzene rings is 1. The molecule has 2 atom stereocenters. The van der Waals surface area contributed by atoms with Crippen LogP contribution in [0.25, 0.3) is 20.9 Å². The van der Waals surface area contributed by atoms with Crippen LogP contribution in [0.5, 0.6) is 0 Å². The third-order valence-corrected chi connectivity index (χ3v) is 21.8. The summed E-state index contributed by atoms with van der Waals surface area (Å²) in [5.74, 6) is 0. The van der Waals surface area contributed by atoms with Gasteiger partial charge in [0.2, 0.25) is 0 Å². The van der Waals surface area contributed by atoms with Crippen LogP contribution in [0.15, 0.2) is 31.8 Å². The SMILES string of the molecule is CCCCCCCC[Si]1(C)c2cc3c(cc2-c2sc(Br)cc21)[Si](C)(CCCCCC)c1cc(Br)sc1-3. The van der Waals surface area contributed by atoms with Gasteiger partial charge in [-0.05, 0) is 88.0 Å². The third kappa shape index (κ3) is 4.79. The average molecular weight is 681 g/mol. The highest BCUT2D eigenvalue weighted by Gasteiger charge is 2.48. The summed E-state index contributed by atoms with van der Waals surface area (Å²) in [7, 11) is -3.44. The predicted octanol–water partition coefficient (Wildman–Crippen LogP) is 9.62. The lowest BCUT2D eigenvalue weighted by atomic mass is 10.1. The van der Waals surface area contributed by atoms with Crippen LogP contribution in [-0.2, 0) is 0 Å². The van der Waals surface area contributed by atoms with Crippen LogP contribution in [-0.4, -0.2) is 16.1 Å². The smallest absolute Gasteiger partial charge is 0.118 e. The molecule has 36 heavy (non-hydrogen) atoms. The van der Waals surface area contributed by atoms with Gasteiger partial charge in [-0.1, -0.05) is 103 Å². The van der Waals surface area contributed by atoms with Crippen LogP contribution in [0.1, 0.15) is 78.1 Å². The van der Waals surface area contributed by atoms with Crippen LogP contribution < -0.4 is 20.7 Å². The first kappa shape index (κ1) is 27.6. The quantitative estimate of drug-likeness (QED) is 0.132. The highest BCUT2D eigenvalue weighted by atomic mass is 79.9. The Labute approximate surface area is 245 Å². The molecule has 0 aliphatic carbocycles. The Morgan fingerprint density at radius 3 is 1.39 bits per heavy atom. The highest BCUT2D eigenvalue weighted by Crippen LogP contribution is 2.43. The summed E-state index contributed by atoms with van der Waals surface area (Å²) in [4.78, 5) is 3.19. The van der Waals surface area contributed by atoms with Crippen LogP contribution in [0.3, 0.4) is 0 Å². The van der Waals surface area contributed by atoms with Crippen molar-refractivity contribution in [1.82, 2.24) is 0 Å². The fraction of sp³-hybridized carbons (Fsp3) is 0.533. The van der Waals surface area contributed by atoms with Crippen molar-refractivity contribution in [3.63, 3.8) is 0 Å². The molecule has 194 valence electrons. The molecular weight excluding hydrogens is 640 g/mol. The maximum absolute atomic E-state index is 3.88. The third-order valence-electron chi connectivity index (χ3n) is 8.99. The van der Waals surface area contributed by atoms with Crippen molar-refractivity contribution in [2.45, 2.75) is 103 Å². The second-order valence-electron chi connectivity index (χ2n) is 11.5. The van der Waals surface area contributed by atoms with E-state index >= 15 is 0 Å². The number of hydrogen-bond donors (Lipinski definition) is 0. The van der Waals surface area contributed by atoms with Gasteiger partial charge < -0.3 is 0 Å². The van der Waals surface area contributed by atoms with E-state index in [0.717, 1.165) is 0 Å². The molecule has 0 fully saturated rings. The molecule has 2 unspecified atom stereocenters. The molecule has 0 nitrogen and oxygen atoms in total. The molecule has 1 aromatic carbocycles. The first-order valence-corrected chi connectivity index (χ1v) is 22.8. The zero-order valence-corrected chi connectivity index (χ0v) is 29.2. The molecule has 4 heterocycles. The summed E-state index contributed by atoms with van der Waals surface area (Å²) in [6, 6.07) is 13.2. The largest absolute Gasteiger partial charge is 0.128 e. The summed E-state index contributed by atoms with van der Waals surface area (Å²) >= 11 is 11.7. The summed E-state index contributed by atoms with van der Waals surface area (Å²) in [6.07, 6.45) is 13.8. The summed E-state index contributed by atoms with van der Waals surface area (Å²) in [5, 5.41) is 6.90. The highest BCUT2D eigenvalue weighted by molar-refractivity contribution is 9.11. The fourth-order valence-corrected chi connectivity index (χ4v) is 20.6. The van der Waals surface area contributed by atoms with E-state index in [-0.39, 0.29) is 0 Å². The van der Waals surface area contributed by atoms with E-state index in [9.17, 15) is 0 Å². The van der Waals surface area contributed by atoms with Gasteiger partial charge >= 0.3 is 0 Å². The molecule has 0 radical (unpaired) electrons. The molecular formula is C30H40Br2S2Si2. The van der Waals surface area contributed by atoms with Crippen molar-refractivity contribution in [3.8, 4) is 20.9 Å². The van der Waals surface area contributed by atoms with Crippen molar-refractivity contribution < 1.29 is 0 Å². The predicted molar refractivity (Wildman–Crippen MR) is 177 cm³/mol. The van der Waals surface area contributed by atoms with Crippen molar-refractivity contribution in [2.75, 3.05) is 0 Å². The van der Waals surface area contributed by atoms with Crippen molar-refractivity contribution in [3.05, 3.63) is 31.8 Å². The van der Waals surface area contributed by atoms with Gasteiger partial charge in [-0.2, -0.15) is 0 Å². The number of halogens is 2. The topological polar surface area (TPSA) is 0 Å². The average Bonchev–Trinajstić information content (AvgIpc) is 3.55. The van der Waals surface area contributed by atoms with Crippen LogP contribution in [0.4, 0.5) is 0 Å². The van der Waals surface area contributed by atoms with E-state index in [4.69, 9.17) is 0 Å². The molecule has 0 N–H and O–H groups in total. The van der Waals surface area contributed by atoms with E-state index in [1.54, 1.807) is 41.6 Å². The van der Waals surface area contributed by atoms with Gasteiger partial charge in [-0.25, -0.2) is 0 Å². The lowest BCUT2D eigenvalue weighted by Gasteiger charge is -2.27. The Morgan fingerprint density at radius 2 is 0.944 bits per heavy atom. The number of rotatable bonds is 12. The van der Waals surface area contributed by atoms with Crippen LogP contribution in [0, 0.1) is 0 Å². The molecule has 3 aromatic rings. The number of fused-ring (bicyclic) bond motifs is 6. The molecule has 2 aliphatic rings. The summed E-state index contributed by atoms with van der Waals surface area (Å²) < 4.78 is 2.64.